The van der Waals surface area contributed by atoms with Gasteiger partial charge in [0.05, 0.1) is 11.1 Å². The summed E-state index contributed by atoms with van der Waals surface area (Å²) in [5, 5.41) is 21.7. The maximum absolute atomic E-state index is 8.98. The van der Waals surface area contributed by atoms with Gasteiger partial charge in [0.15, 0.2) is 0 Å². The third-order valence-electron chi connectivity index (χ3n) is 2.76. The van der Waals surface area contributed by atoms with E-state index in [-0.39, 0.29) is 0 Å². The predicted octanol–water partition coefficient (Wildman–Crippen LogP) is 4.46. The molecule has 2 rings (SSSR count). The Morgan fingerprint density at radius 1 is 1.05 bits per heavy atom. The molecule has 3 nitrogen and oxygen atoms in total. The zero-order valence-corrected chi connectivity index (χ0v) is 12.7. The second-order valence-corrected chi connectivity index (χ2v) is 5.40. The van der Waals surface area contributed by atoms with Crippen LogP contribution in [-0.2, 0) is 6.54 Å². The van der Waals surface area contributed by atoms with Gasteiger partial charge in [-0.15, -0.1) is 0 Å². The molecule has 0 spiro atoms. The molecule has 0 saturated carbocycles. The molecule has 0 unspecified atom stereocenters. The van der Waals surface area contributed by atoms with E-state index in [1.54, 1.807) is 18.2 Å². The molecule has 1 N–H and O–H groups in total. The van der Waals surface area contributed by atoms with Crippen LogP contribution in [0, 0.1) is 22.7 Å². The highest BCUT2D eigenvalue weighted by molar-refractivity contribution is 9.10. The van der Waals surface area contributed by atoms with Gasteiger partial charge in [-0.3, -0.25) is 0 Å². The van der Waals surface area contributed by atoms with Crippen LogP contribution in [0.5, 0.6) is 0 Å². The lowest BCUT2D eigenvalue weighted by Gasteiger charge is -2.09. The number of rotatable bonds is 3. The zero-order valence-electron chi connectivity index (χ0n) is 10.3. The van der Waals surface area contributed by atoms with E-state index in [9.17, 15) is 0 Å². The van der Waals surface area contributed by atoms with Gasteiger partial charge in [0.1, 0.15) is 12.1 Å². The largest absolute Gasteiger partial charge is 0.381 e. The monoisotopic (exact) mass is 345 g/mol. The second kappa shape index (κ2) is 6.43. The SMILES string of the molecule is N#Cc1ccc(NCc2ccc(Br)cc2Cl)cc1C#N. The van der Waals surface area contributed by atoms with E-state index in [1.165, 1.54) is 0 Å². The van der Waals surface area contributed by atoms with Gasteiger partial charge in [-0.2, -0.15) is 10.5 Å². The minimum atomic E-state index is 0.361. The van der Waals surface area contributed by atoms with Crippen molar-refractivity contribution in [1.29, 1.82) is 10.5 Å². The normalized spacial score (nSPS) is 9.60. The van der Waals surface area contributed by atoms with E-state index in [0.717, 1.165) is 15.7 Å². The molecule has 0 saturated heterocycles. The Morgan fingerprint density at radius 2 is 1.80 bits per heavy atom. The maximum atomic E-state index is 8.98. The Balaban J connectivity index is 2.16. The van der Waals surface area contributed by atoms with Gasteiger partial charge in [-0.1, -0.05) is 33.6 Å². The quantitative estimate of drug-likeness (QED) is 0.892. The number of benzene rings is 2. The fourth-order valence-electron chi connectivity index (χ4n) is 1.71. The van der Waals surface area contributed by atoms with Gasteiger partial charge < -0.3 is 5.32 Å². The molecule has 2 aromatic rings. The molecule has 2 aromatic carbocycles. The van der Waals surface area contributed by atoms with Crippen LogP contribution in [0.4, 0.5) is 5.69 Å². The summed E-state index contributed by atoms with van der Waals surface area (Å²) < 4.78 is 0.927. The summed E-state index contributed by atoms with van der Waals surface area (Å²) in [6, 6.07) is 14.7. The molecule has 0 bridgehead atoms. The van der Waals surface area contributed by atoms with Crippen LogP contribution in [0.1, 0.15) is 16.7 Å². The molecule has 0 amide bonds. The van der Waals surface area contributed by atoms with Crippen LogP contribution in [-0.4, -0.2) is 0 Å². The van der Waals surface area contributed by atoms with Crippen molar-refractivity contribution in [2.24, 2.45) is 0 Å². The van der Waals surface area contributed by atoms with Crippen LogP contribution in [0.15, 0.2) is 40.9 Å². The summed E-state index contributed by atoms with van der Waals surface area (Å²) in [7, 11) is 0. The van der Waals surface area contributed by atoms with Crippen LogP contribution < -0.4 is 5.32 Å². The van der Waals surface area contributed by atoms with Crippen LogP contribution >= 0.6 is 27.5 Å². The zero-order chi connectivity index (χ0) is 14.5. The van der Waals surface area contributed by atoms with Gasteiger partial charge in [-0.25, -0.2) is 0 Å². The molecule has 0 atom stereocenters. The molecular formula is C15H9BrClN3. The van der Waals surface area contributed by atoms with Crippen molar-refractivity contribution in [3.8, 4) is 12.1 Å². The van der Waals surface area contributed by atoms with E-state index in [1.807, 2.05) is 30.3 Å². The van der Waals surface area contributed by atoms with E-state index < -0.39 is 0 Å². The molecule has 5 heteroatoms. The Kier molecular flexibility index (Phi) is 4.63. The molecule has 98 valence electrons. The van der Waals surface area contributed by atoms with Crippen molar-refractivity contribution in [2.75, 3.05) is 5.32 Å². The van der Waals surface area contributed by atoms with E-state index in [4.69, 9.17) is 22.1 Å². The Morgan fingerprint density at radius 3 is 2.45 bits per heavy atom. The minimum Gasteiger partial charge on any atom is -0.381 e. The highest BCUT2D eigenvalue weighted by atomic mass is 79.9. The summed E-state index contributed by atoms with van der Waals surface area (Å²) in [4.78, 5) is 0. The highest BCUT2D eigenvalue weighted by Crippen LogP contribution is 2.23. The maximum Gasteiger partial charge on any atom is 0.101 e. The van der Waals surface area contributed by atoms with Gasteiger partial charge in [0.2, 0.25) is 0 Å². The first kappa shape index (κ1) is 14.4. The van der Waals surface area contributed by atoms with Crippen molar-refractivity contribution in [1.82, 2.24) is 0 Å². The molecule has 0 radical (unpaired) electrons. The molecule has 20 heavy (non-hydrogen) atoms. The third-order valence-corrected chi connectivity index (χ3v) is 3.60. The number of halogens is 2. The van der Waals surface area contributed by atoms with E-state index >= 15 is 0 Å². The lowest BCUT2D eigenvalue weighted by atomic mass is 10.1. The molecule has 0 heterocycles. The lowest BCUT2D eigenvalue weighted by molar-refractivity contribution is 1.15. The van der Waals surface area contributed by atoms with Gasteiger partial charge in [-0.05, 0) is 35.9 Å². The fourth-order valence-corrected chi connectivity index (χ4v) is 2.45. The molecule has 0 aromatic heterocycles. The molecular weight excluding hydrogens is 338 g/mol. The number of hydrogen-bond donors (Lipinski definition) is 1. The number of anilines is 1. The lowest BCUT2D eigenvalue weighted by Crippen LogP contribution is -2.00. The standard InChI is InChI=1S/C15H9BrClN3/c16-13-3-1-11(15(17)6-13)9-20-14-4-2-10(7-18)12(5-14)8-19/h1-6,20H,9H2. The third kappa shape index (κ3) is 3.30. The van der Waals surface area contributed by atoms with E-state index in [2.05, 4.69) is 21.2 Å². The predicted molar refractivity (Wildman–Crippen MR) is 82.4 cm³/mol. The molecule has 0 aliphatic rings. The summed E-state index contributed by atoms with van der Waals surface area (Å²) in [6.07, 6.45) is 0. The topological polar surface area (TPSA) is 59.6 Å². The summed E-state index contributed by atoms with van der Waals surface area (Å²) >= 11 is 9.49. The van der Waals surface area contributed by atoms with Gasteiger partial charge in [0.25, 0.3) is 0 Å². The summed E-state index contributed by atoms with van der Waals surface area (Å²) in [5.41, 5.74) is 2.47. The number of hydrogen-bond acceptors (Lipinski definition) is 3. The summed E-state index contributed by atoms with van der Waals surface area (Å²) in [6.45, 7) is 0.545. The molecule has 0 fully saturated rings. The average Bonchev–Trinajstić information content (AvgIpc) is 2.46. The Bertz CT molecular complexity index is 729. The second-order valence-electron chi connectivity index (χ2n) is 4.07. The van der Waals surface area contributed by atoms with Gasteiger partial charge >= 0.3 is 0 Å². The Hall–Kier alpha value is -2.01. The van der Waals surface area contributed by atoms with Crippen LogP contribution in [0.3, 0.4) is 0 Å². The van der Waals surface area contributed by atoms with Crippen molar-refractivity contribution in [3.05, 3.63) is 62.6 Å². The van der Waals surface area contributed by atoms with Gasteiger partial charge in [0, 0.05) is 21.7 Å². The van der Waals surface area contributed by atoms with E-state index in [0.29, 0.717) is 22.7 Å². The first-order valence-electron chi connectivity index (χ1n) is 5.76. The summed E-state index contributed by atoms with van der Waals surface area (Å²) in [5.74, 6) is 0. The highest BCUT2D eigenvalue weighted by Gasteiger charge is 2.04. The average molecular weight is 347 g/mol. The number of nitrogens with zero attached hydrogens (tertiary/aromatic N) is 2. The number of nitriles is 2. The smallest absolute Gasteiger partial charge is 0.101 e. The Labute approximate surface area is 130 Å². The van der Waals surface area contributed by atoms with Crippen LogP contribution in [0.25, 0.3) is 0 Å². The molecule has 0 aliphatic carbocycles. The first-order chi connectivity index (χ1) is 9.63. The molecule has 0 aliphatic heterocycles. The van der Waals surface area contributed by atoms with Crippen molar-refractivity contribution < 1.29 is 0 Å². The first-order valence-corrected chi connectivity index (χ1v) is 6.93. The minimum absolute atomic E-state index is 0.361. The van der Waals surface area contributed by atoms with Crippen molar-refractivity contribution in [2.45, 2.75) is 6.54 Å². The van der Waals surface area contributed by atoms with Crippen LogP contribution in [0.2, 0.25) is 5.02 Å². The fraction of sp³-hybridized carbons (Fsp3) is 0.0667. The van der Waals surface area contributed by atoms with Crippen molar-refractivity contribution >= 4 is 33.2 Å². The number of nitrogens with one attached hydrogen (secondary N) is 1. The van der Waals surface area contributed by atoms with Crippen molar-refractivity contribution in [3.63, 3.8) is 0 Å².